The molecule has 0 bridgehead atoms. The van der Waals surface area contributed by atoms with Gasteiger partial charge in [0.05, 0.1) is 18.1 Å². The lowest BCUT2D eigenvalue weighted by Crippen LogP contribution is -2.26. The van der Waals surface area contributed by atoms with Crippen LogP contribution in [0.5, 0.6) is 0 Å². The van der Waals surface area contributed by atoms with Gasteiger partial charge < -0.3 is 9.47 Å². The van der Waals surface area contributed by atoms with Crippen molar-refractivity contribution in [2.45, 2.75) is 71.3 Å². The van der Waals surface area contributed by atoms with Crippen molar-refractivity contribution in [3.8, 4) is 0 Å². The third-order valence-electron chi connectivity index (χ3n) is 5.82. The monoisotopic (exact) mass is 372 g/mol. The number of hydrogen-bond donors (Lipinski definition) is 0. The number of rotatable bonds is 5. The molecule has 0 aromatic heterocycles. The fourth-order valence-corrected chi connectivity index (χ4v) is 4.37. The molecule has 2 saturated carbocycles. The van der Waals surface area contributed by atoms with Gasteiger partial charge in [-0.1, -0.05) is 12.1 Å². The first-order chi connectivity index (χ1) is 12.8. The molecule has 0 N–H and O–H groups in total. The number of hydrogen-bond acceptors (Lipinski definition) is 4. The van der Waals surface area contributed by atoms with E-state index in [2.05, 4.69) is 12.1 Å². The molecule has 148 valence electrons. The summed E-state index contributed by atoms with van der Waals surface area (Å²) in [7, 11) is 0. The van der Waals surface area contributed by atoms with Crippen molar-refractivity contribution >= 4 is 11.9 Å². The molecule has 1 aromatic rings. The summed E-state index contributed by atoms with van der Waals surface area (Å²) >= 11 is 0. The third kappa shape index (κ3) is 5.12. The van der Waals surface area contributed by atoms with E-state index in [9.17, 15) is 9.59 Å². The van der Waals surface area contributed by atoms with Crippen LogP contribution in [-0.4, -0.2) is 24.1 Å². The van der Waals surface area contributed by atoms with Gasteiger partial charge in [-0.25, -0.2) is 4.79 Å². The predicted octanol–water partition coefficient (Wildman–Crippen LogP) is 5.11. The zero-order valence-corrected chi connectivity index (χ0v) is 17.0. The topological polar surface area (TPSA) is 52.6 Å². The minimum absolute atomic E-state index is 0.0100. The van der Waals surface area contributed by atoms with Crippen LogP contribution in [0.25, 0.3) is 0 Å². The smallest absolute Gasteiger partial charge is 0.338 e. The Kier molecular flexibility index (Phi) is 5.92. The van der Waals surface area contributed by atoms with Crippen LogP contribution in [-0.2, 0) is 14.3 Å². The third-order valence-corrected chi connectivity index (χ3v) is 5.82. The Morgan fingerprint density at radius 3 is 2.22 bits per heavy atom. The minimum atomic E-state index is -0.391. The summed E-state index contributed by atoms with van der Waals surface area (Å²) in [5.74, 6) is 1.58. The van der Waals surface area contributed by atoms with E-state index in [-0.39, 0.29) is 17.9 Å². The summed E-state index contributed by atoms with van der Waals surface area (Å²) in [6.07, 6.45) is 5.66. The maximum absolute atomic E-state index is 12.2. The lowest BCUT2D eigenvalue weighted by atomic mass is 9.76. The van der Waals surface area contributed by atoms with E-state index in [0.29, 0.717) is 29.9 Å². The van der Waals surface area contributed by atoms with Crippen LogP contribution in [0.4, 0.5) is 0 Å². The Labute approximate surface area is 162 Å². The van der Waals surface area contributed by atoms with Crippen molar-refractivity contribution in [2.75, 3.05) is 6.61 Å². The highest BCUT2D eigenvalue weighted by molar-refractivity contribution is 5.89. The molecule has 2 aliphatic carbocycles. The van der Waals surface area contributed by atoms with Crippen LogP contribution in [0, 0.1) is 17.8 Å². The van der Waals surface area contributed by atoms with Gasteiger partial charge in [-0.2, -0.15) is 0 Å². The van der Waals surface area contributed by atoms with Crippen molar-refractivity contribution in [1.29, 1.82) is 0 Å². The molecule has 2 aliphatic rings. The Hall–Kier alpha value is -1.84. The van der Waals surface area contributed by atoms with Crippen LogP contribution in [0.1, 0.15) is 81.6 Å². The van der Waals surface area contributed by atoms with Crippen LogP contribution < -0.4 is 0 Å². The largest absolute Gasteiger partial charge is 0.462 e. The fourth-order valence-electron chi connectivity index (χ4n) is 4.37. The molecular weight excluding hydrogens is 340 g/mol. The van der Waals surface area contributed by atoms with E-state index in [1.807, 2.05) is 39.8 Å². The van der Waals surface area contributed by atoms with Crippen molar-refractivity contribution < 1.29 is 19.1 Å². The molecule has 0 heterocycles. The molecule has 27 heavy (non-hydrogen) atoms. The second kappa shape index (κ2) is 8.04. The Balaban J connectivity index is 1.48. The normalized spacial score (nSPS) is 27.7. The molecule has 1 aromatic carbocycles. The molecule has 0 spiro atoms. The number of carbonyl (C=O) groups excluding carboxylic acids is 2. The average Bonchev–Trinajstić information content (AvgIpc) is 3.42. The van der Waals surface area contributed by atoms with Crippen molar-refractivity contribution in [3.05, 3.63) is 35.4 Å². The number of carbonyl (C=O) groups is 2. The van der Waals surface area contributed by atoms with Crippen molar-refractivity contribution in [2.24, 2.45) is 17.8 Å². The van der Waals surface area contributed by atoms with E-state index < -0.39 is 5.60 Å². The average molecular weight is 373 g/mol. The van der Waals surface area contributed by atoms with Gasteiger partial charge in [-0.3, -0.25) is 4.79 Å². The summed E-state index contributed by atoms with van der Waals surface area (Å²) in [6, 6.07) is 7.88. The van der Waals surface area contributed by atoms with Gasteiger partial charge in [0.2, 0.25) is 0 Å². The van der Waals surface area contributed by atoms with Gasteiger partial charge in [-0.05, 0) is 95.2 Å². The van der Waals surface area contributed by atoms with Crippen LogP contribution in [0.15, 0.2) is 24.3 Å². The maximum Gasteiger partial charge on any atom is 0.338 e. The molecule has 4 heteroatoms. The summed E-state index contributed by atoms with van der Waals surface area (Å²) in [4.78, 5) is 24.0. The number of ether oxygens (including phenoxy) is 2. The maximum atomic E-state index is 12.2. The highest BCUT2D eigenvalue weighted by atomic mass is 16.6. The molecule has 3 rings (SSSR count). The molecule has 2 atom stereocenters. The van der Waals surface area contributed by atoms with E-state index >= 15 is 0 Å². The van der Waals surface area contributed by atoms with E-state index in [1.165, 1.54) is 18.4 Å². The first kappa shape index (κ1) is 19.9. The van der Waals surface area contributed by atoms with Crippen molar-refractivity contribution in [3.63, 3.8) is 0 Å². The first-order valence-electron chi connectivity index (χ1n) is 10.3. The summed E-state index contributed by atoms with van der Waals surface area (Å²) in [6.45, 7) is 8.01. The van der Waals surface area contributed by atoms with E-state index in [4.69, 9.17) is 9.47 Å². The molecule has 4 nitrogen and oxygen atoms in total. The Morgan fingerprint density at radius 1 is 1.04 bits per heavy atom. The van der Waals surface area contributed by atoms with Gasteiger partial charge in [0, 0.05) is 0 Å². The first-order valence-corrected chi connectivity index (χ1v) is 10.3. The standard InChI is InChI=1S/C23H32O4/c1-5-26-21(24)18-12-8-16(9-13-18)15-6-10-17(11-7-15)19-14-20(19)22(25)27-23(2,3)4/h8-9,12-13,15,17,19-20H,5-7,10-11,14H2,1-4H3. The van der Waals surface area contributed by atoms with Crippen LogP contribution in [0.2, 0.25) is 0 Å². The Morgan fingerprint density at radius 2 is 1.67 bits per heavy atom. The predicted molar refractivity (Wildman–Crippen MR) is 105 cm³/mol. The molecule has 0 aliphatic heterocycles. The van der Waals surface area contributed by atoms with E-state index in [1.54, 1.807) is 0 Å². The quantitative estimate of drug-likeness (QED) is 0.674. The van der Waals surface area contributed by atoms with Crippen LogP contribution >= 0.6 is 0 Å². The zero-order chi connectivity index (χ0) is 19.6. The molecule has 0 saturated heterocycles. The summed E-state index contributed by atoms with van der Waals surface area (Å²) < 4.78 is 10.6. The van der Waals surface area contributed by atoms with Gasteiger partial charge >= 0.3 is 11.9 Å². The van der Waals surface area contributed by atoms with Crippen LogP contribution in [0.3, 0.4) is 0 Å². The van der Waals surface area contributed by atoms with Crippen molar-refractivity contribution in [1.82, 2.24) is 0 Å². The molecular formula is C23H32O4. The van der Waals surface area contributed by atoms with Gasteiger partial charge in [0.1, 0.15) is 5.60 Å². The molecule has 0 amide bonds. The second-order valence-corrected chi connectivity index (χ2v) is 8.99. The SMILES string of the molecule is CCOC(=O)c1ccc(C2CCC(C3CC3C(=O)OC(C)(C)C)CC2)cc1. The highest BCUT2D eigenvalue weighted by Crippen LogP contribution is 2.52. The number of benzene rings is 1. The molecule has 2 fully saturated rings. The fraction of sp³-hybridized carbons (Fsp3) is 0.652. The molecule has 2 unspecified atom stereocenters. The number of esters is 2. The van der Waals surface area contributed by atoms with E-state index in [0.717, 1.165) is 19.3 Å². The second-order valence-electron chi connectivity index (χ2n) is 8.99. The zero-order valence-electron chi connectivity index (χ0n) is 17.0. The lowest BCUT2D eigenvalue weighted by Gasteiger charge is -2.29. The summed E-state index contributed by atoms with van der Waals surface area (Å²) in [5.41, 5.74) is 1.53. The van der Waals surface area contributed by atoms with Gasteiger partial charge in [0.15, 0.2) is 0 Å². The van der Waals surface area contributed by atoms with Gasteiger partial charge in [-0.15, -0.1) is 0 Å². The lowest BCUT2D eigenvalue weighted by molar-refractivity contribution is -0.157. The minimum Gasteiger partial charge on any atom is -0.462 e. The van der Waals surface area contributed by atoms with Gasteiger partial charge in [0.25, 0.3) is 0 Å². The highest BCUT2D eigenvalue weighted by Gasteiger charge is 2.49. The Bertz CT molecular complexity index is 663. The summed E-state index contributed by atoms with van der Waals surface area (Å²) in [5, 5.41) is 0. The molecule has 0 radical (unpaired) electrons.